The molecule has 2 aromatic heterocycles. The van der Waals surface area contributed by atoms with Crippen molar-refractivity contribution in [2.24, 2.45) is 0 Å². The number of hydrogen-bond donors (Lipinski definition) is 0. The van der Waals surface area contributed by atoms with E-state index in [0.29, 0.717) is 18.0 Å². The normalized spacial score (nSPS) is 10.7. The molecule has 0 saturated heterocycles. The van der Waals surface area contributed by atoms with E-state index in [1.807, 2.05) is 13.0 Å². The summed E-state index contributed by atoms with van der Waals surface area (Å²) in [6.45, 7) is 3.89. The van der Waals surface area contributed by atoms with Crippen molar-refractivity contribution in [1.82, 2.24) is 24.8 Å². The highest BCUT2D eigenvalue weighted by atomic mass is 16.6. The van der Waals surface area contributed by atoms with Crippen molar-refractivity contribution in [1.29, 1.82) is 0 Å². The lowest BCUT2D eigenvalue weighted by atomic mass is 10.3. The standard InChI is InChI=1S/C14H14N6O3/c1-3-18-14(13(20(21)22)10(2)16-18)23-12-6-4-5-11(9-12)19-8-7-15-17-19/h4-9H,3H2,1-2H3. The van der Waals surface area contributed by atoms with Gasteiger partial charge in [0.05, 0.1) is 23.0 Å². The molecule has 0 saturated carbocycles. The van der Waals surface area contributed by atoms with Crippen LogP contribution in [0, 0.1) is 17.0 Å². The summed E-state index contributed by atoms with van der Waals surface area (Å²) >= 11 is 0. The second-order valence-electron chi connectivity index (χ2n) is 4.76. The van der Waals surface area contributed by atoms with Gasteiger partial charge in [0, 0.05) is 12.6 Å². The topological polar surface area (TPSA) is 101 Å². The zero-order valence-electron chi connectivity index (χ0n) is 12.6. The molecule has 0 aliphatic rings. The Morgan fingerprint density at radius 2 is 2.22 bits per heavy atom. The van der Waals surface area contributed by atoms with Crippen LogP contribution in [0.4, 0.5) is 5.69 Å². The van der Waals surface area contributed by atoms with E-state index in [0.717, 1.165) is 5.69 Å². The van der Waals surface area contributed by atoms with Gasteiger partial charge in [0.2, 0.25) is 0 Å². The lowest BCUT2D eigenvalue weighted by Crippen LogP contribution is -2.01. The van der Waals surface area contributed by atoms with E-state index in [1.54, 1.807) is 42.2 Å². The fourth-order valence-electron chi connectivity index (χ4n) is 2.22. The molecule has 3 rings (SSSR count). The van der Waals surface area contributed by atoms with Crippen LogP contribution in [-0.4, -0.2) is 29.7 Å². The van der Waals surface area contributed by atoms with Gasteiger partial charge in [-0.05, 0) is 26.0 Å². The predicted molar refractivity (Wildman–Crippen MR) is 80.7 cm³/mol. The molecule has 0 amide bonds. The van der Waals surface area contributed by atoms with Crippen molar-refractivity contribution in [2.45, 2.75) is 20.4 Å². The Balaban J connectivity index is 2.00. The van der Waals surface area contributed by atoms with Crippen molar-refractivity contribution in [3.8, 4) is 17.3 Å². The Hall–Kier alpha value is -3.23. The summed E-state index contributed by atoms with van der Waals surface area (Å²) in [5.74, 6) is 0.571. The molecular weight excluding hydrogens is 300 g/mol. The van der Waals surface area contributed by atoms with E-state index in [-0.39, 0.29) is 11.6 Å². The number of rotatable bonds is 5. The fraction of sp³-hybridized carbons (Fsp3) is 0.214. The summed E-state index contributed by atoms with van der Waals surface area (Å²) in [6, 6.07) is 7.04. The third-order valence-corrected chi connectivity index (χ3v) is 3.25. The number of ether oxygens (including phenoxy) is 1. The molecule has 9 heteroatoms. The van der Waals surface area contributed by atoms with Gasteiger partial charge in [-0.3, -0.25) is 10.1 Å². The van der Waals surface area contributed by atoms with E-state index in [4.69, 9.17) is 4.74 Å². The maximum absolute atomic E-state index is 11.3. The average molecular weight is 314 g/mol. The van der Waals surface area contributed by atoms with Gasteiger partial charge in [-0.2, -0.15) is 5.10 Å². The fourth-order valence-corrected chi connectivity index (χ4v) is 2.22. The molecule has 0 aliphatic heterocycles. The molecular formula is C14H14N6O3. The van der Waals surface area contributed by atoms with Crippen LogP contribution in [0.25, 0.3) is 5.69 Å². The van der Waals surface area contributed by atoms with Crippen LogP contribution in [0.3, 0.4) is 0 Å². The average Bonchev–Trinajstić information content (AvgIpc) is 3.15. The number of hydrogen-bond acceptors (Lipinski definition) is 6. The van der Waals surface area contributed by atoms with Gasteiger partial charge in [-0.15, -0.1) is 5.10 Å². The summed E-state index contributed by atoms with van der Waals surface area (Å²) < 4.78 is 8.79. The highest BCUT2D eigenvalue weighted by molar-refractivity contribution is 5.49. The van der Waals surface area contributed by atoms with Gasteiger partial charge in [0.1, 0.15) is 11.4 Å². The maximum atomic E-state index is 11.3. The van der Waals surface area contributed by atoms with Gasteiger partial charge in [-0.1, -0.05) is 11.3 Å². The first kappa shape index (κ1) is 14.7. The van der Waals surface area contributed by atoms with E-state index in [1.165, 1.54) is 4.68 Å². The zero-order valence-corrected chi connectivity index (χ0v) is 12.6. The quantitative estimate of drug-likeness (QED) is 0.529. The Morgan fingerprint density at radius 3 is 2.87 bits per heavy atom. The largest absolute Gasteiger partial charge is 0.434 e. The minimum absolute atomic E-state index is 0.116. The second kappa shape index (κ2) is 5.87. The molecule has 0 spiro atoms. The summed E-state index contributed by atoms with van der Waals surface area (Å²) in [7, 11) is 0. The van der Waals surface area contributed by atoms with Crippen LogP contribution in [0.5, 0.6) is 11.6 Å². The molecule has 0 aliphatic carbocycles. The van der Waals surface area contributed by atoms with Gasteiger partial charge >= 0.3 is 5.69 Å². The SMILES string of the molecule is CCn1nc(C)c([N+](=O)[O-])c1Oc1cccc(-n2ccnn2)c1. The Bertz CT molecular complexity index is 840. The van der Waals surface area contributed by atoms with Crippen molar-refractivity contribution >= 4 is 5.69 Å². The van der Waals surface area contributed by atoms with E-state index < -0.39 is 4.92 Å². The molecule has 2 heterocycles. The van der Waals surface area contributed by atoms with Crippen molar-refractivity contribution < 1.29 is 9.66 Å². The van der Waals surface area contributed by atoms with Gasteiger partial charge in [0.25, 0.3) is 5.88 Å². The highest BCUT2D eigenvalue weighted by Gasteiger charge is 2.27. The van der Waals surface area contributed by atoms with E-state index in [2.05, 4.69) is 15.4 Å². The first-order valence-corrected chi connectivity index (χ1v) is 6.96. The van der Waals surface area contributed by atoms with Crippen LogP contribution in [0.2, 0.25) is 0 Å². The highest BCUT2D eigenvalue weighted by Crippen LogP contribution is 2.34. The molecule has 23 heavy (non-hydrogen) atoms. The smallest absolute Gasteiger partial charge is 0.353 e. The first-order valence-electron chi connectivity index (χ1n) is 6.96. The lowest BCUT2D eigenvalue weighted by Gasteiger charge is -2.08. The third kappa shape index (κ3) is 2.76. The number of aromatic nitrogens is 5. The van der Waals surface area contributed by atoms with E-state index in [9.17, 15) is 10.1 Å². The second-order valence-corrected chi connectivity index (χ2v) is 4.76. The molecule has 0 atom stereocenters. The maximum Gasteiger partial charge on any atom is 0.353 e. The van der Waals surface area contributed by atoms with Crippen molar-refractivity contribution in [3.63, 3.8) is 0 Å². The molecule has 9 nitrogen and oxygen atoms in total. The van der Waals surface area contributed by atoms with Crippen LogP contribution in [0.1, 0.15) is 12.6 Å². The molecule has 0 bridgehead atoms. The monoisotopic (exact) mass is 314 g/mol. The number of aryl methyl sites for hydroxylation is 2. The molecule has 3 aromatic rings. The summed E-state index contributed by atoms with van der Waals surface area (Å²) in [6.07, 6.45) is 3.26. The van der Waals surface area contributed by atoms with Gasteiger partial charge < -0.3 is 4.74 Å². The van der Waals surface area contributed by atoms with Crippen LogP contribution < -0.4 is 4.74 Å². The lowest BCUT2D eigenvalue weighted by molar-refractivity contribution is -0.386. The first-order chi connectivity index (χ1) is 11.1. The molecule has 0 fully saturated rings. The number of nitrogens with zero attached hydrogens (tertiary/aromatic N) is 6. The Kier molecular flexibility index (Phi) is 3.75. The summed E-state index contributed by atoms with van der Waals surface area (Å²) in [4.78, 5) is 10.8. The van der Waals surface area contributed by atoms with Crippen LogP contribution >= 0.6 is 0 Å². The molecule has 1 aromatic carbocycles. The van der Waals surface area contributed by atoms with Gasteiger partial charge in [0.15, 0.2) is 0 Å². The minimum Gasteiger partial charge on any atom is -0.434 e. The van der Waals surface area contributed by atoms with Crippen LogP contribution in [-0.2, 0) is 6.54 Å². The molecule has 0 radical (unpaired) electrons. The third-order valence-electron chi connectivity index (χ3n) is 3.25. The predicted octanol–water partition coefficient (Wildman–Crippen LogP) is 2.49. The minimum atomic E-state index is -0.481. The van der Waals surface area contributed by atoms with Gasteiger partial charge in [-0.25, -0.2) is 9.36 Å². The van der Waals surface area contributed by atoms with Crippen molar-refractivity contribution in [2.75, 3.05) is 0 Å². The number of nitro groups is 1. The molecule has 0 unspecified atom stereocenters. The number of benzene rings is 1. The molecule has 0 N–H and O–H groups in total. The van der Waals surface area contributed by atoms with E-state index >= 15 is 0 Å². The van der Waals surface area contributed by atoms with Crippen molar-refractivity contribution in [3.05, 3.63) is 52.5 Å². The molecule has 118 valence electrons. The Morgan fingerprint density at radius 1 is 1.39 bits per heavy atom. The van der Waals surface area contributed by atoms with Crippen LogP contribution in [0.15, 0.2) is 36.7 Å². The summed E-state index contributed by atoms with van der Waals surface area (Å²) in [5, 5.41) is 23.1. The summed E-state index contributed by atoms with van der Waals surface area (Å²) in [5.41, 5.74) is 0.930. The zero-order chi connectivity index (χ0) is 16.4. The Labute approximate surface area is 131 Å².